The maximum absolute atomic E-state index is 11.2. The van der Waals surface area contributed by atoms with Crippen LogP contribution in [0.5, 0.6) is 11.5 Å². The van der Waals surface area contributed by atoms with E-state index < -0.39 is 6.09 Å². The molecule has 0 spiro atoms. The molecule has 0 bridgehead atoms. The van der Waals surface area contributed by atoms with Gasteiger partial charge in [-0.15, -0.1) is 0 Å². The van der Waals surface area contributed by atoms with Crippen LogP contribution in [0.15, 0.2) is 23.8 Å². The van der Waals surface area contributed by atoms with Crippen molar-refractivity contribution < 1.29 is 24.1 Å². The Morgan fingerprint density at radius 1 is 1.36 bits per heavy atom. The van der Waals surface area contributed by atoms with Crippen molar-refractivity contribution >= 4 is 28.7 Å². The zero-order valence-corrected chi connectivity index (χ0v) is 16.3. The summed E-state index contributed by atoms with van der Waals surface area (Å²) in [6, 6.07) is 3.89. The van der Waals surface area contributed by atoms with Crippen molar-refractivity contribution in [2.24, 2.45) is 0 Å². The Bertz CT molecular complexity index is 676. The first-order chi connectivity index (χ1) is 12.0. The molecule has 25 heavy (non-hydrogen) atoms. The fraction of sp³-hybridized carbons (Fsp3) is 0.500. The molecule has 1 amide bonds. The van der Waals surface area contributed by atoms with Crippen molar-refractivity contribution in [1.29, 1.82) is 0 Å². The van der Waals surface area contributed by atoms with E-state index in [2.05, 4.69) is 28.7 Å². The summed E-state index contributed by atoms with van der Waals surface area (Å²) < 4.78 is 18.0. The summed E-state index contributed by atoms with van der Waals surface area (Å²) in [6.07, 6.45) is 5.36. The van der Waals surface area contributed by atoms with Gasteiger partial charge in [0.25, 0.3) is 0 Å². The molecule has 1 unspecified atom stereocenters. The number of nitrogens with zero attached hydrogens (tertiary/aromatic N) is 1. The topological polar surface area (TPSA) is 68.2 Å². The van der Waals surface area contributed by atoms with Gasteiger partial charge in [-0.2, -0.15) is 0 Å². The fourth-order valence-electron chi connectivity index (χ4n) is 3.02. The molecule has 0 saturated carbocycles. The van der Waals surface area contributed by atoms with Gasteiger partial charge in [-0.1, -0.05) is 6.08 Å². The van der Waals surface area contributed by atoms with E-state index in [1.165, 1.54) is 16.9 Å². The SMILES string of the molecule is CN(CC(OCc1cc2c(cc1I)OCO2)C1=CCCCC1)C(=O)O. The lowest BCUT2D eigenvalue weighted by Crippen LogP contribution is -2.36. The molecule has 7 heteroatoms. The summed E-state index contributed by atoms with van der Waals surface area (Å²) in [4.78, 5) is 12.5. The molecule has 2 aliphatic rings. The largest absolute Gasteiger partial charge is 0.465 e. The van der Waals surface area contributed by atoms with Gasteiger partial charge in [0.2, 0.25) is 6.79 Å². The lowest BCUT2D eigenvalue weighted by atomic mass is 9.95. The first-order valence-electron chi connectivity index (χ1n) is 8.37. The summed E-state index contributed by atoms with van der Waals surface area (Å²) >= 11 is 2.26. The van der Waals surface area contributed by atoms with E-state index in [4.69, 9.17) is 14.2 Å². The third kappa shape index (κ3) is 4.58. The Morgan fingerprint density at radius 2 is 2.12 bits per heavy atom. The third-order valence-electron chi connectivity index (χ3n) is 4.49. The van der Waals surface area contributed by atoms with E-state index in [0.29, 0.717) is 13.2 Å². The second-order valence-corrected chi connectivity index (χ2v) is 7.45. The normalized spacial score (nSPS) is 17.1. The molecule has 1 aromatic rings. The van der Waals surface area contributed by atoms with Crippen LogP contribution in [0.2, 0.25) is 0 Å². The highest BCUT2D eigenvalue weighted by Crippen LogP contribution is 2.36. The number of benzene rings is 1. The van der Waals surface area contributed by atoms with Crippen molar-refractivity contribution in [2.75, 3.05) is 20.4 Å². The number of carbonyl (C=O) groups is 1. The molecule has 1 aromatic carbocycles. The maximum atomic E-state index is 11.2. The first-order valence-corrected chi connectivity index (χ1v) is 9.45. The number of allylic oxidation sites excluding steroid dienone is 1. The van der Waals surface area contributed by atoms with Crippen molar-refractivity contribution in [3.05, 3.63) is 32.9 Å². The Kier molecular flexibility index (Phi) is 6.06. The monoisotopic (exact) mass is 459 g/mol. The van der Waals surface area contributed by atoms with E-state index in [9.17, 15) is 9.90 Å². The van der Waals surface area contributed by atoms with Crippen LogP contribution in [-0.4, -0.2) is 42.6 Å². The van der Waals surface area contributed by atoms with Crippen LogP contribution in [0.3, 0.4) is 0 Å². The van der Waals surface area contributed by atoms with E-state index in [0.717, 1.165) is 39.9 Å². The highest BCUT2D eigenvalue weighted by molar-refractivity contribution is 14.1. The lowest BCUT2D eigenvalue weighted by molar-refractivity contribution is 0.0398. The van der Waals surface area contributed by atoms with Gasteiger partial charge >= 0.3 is 6.09 Å². The minimum Gasteiger partial charge on any atom is -0.465 e. The molecule has 0 radical (unpaired) electrons. The number of likely N-dealkylation sites (N-methyl/N-ethyl adjacent to an activating group) is 1. The number of fused-ring (bicyclic) bond motifs is 1. The molecule has 1 N–H and O–H groups in total. The summed E-state index contributed by atoms with van der Waals surface area (Å²) in [6.45, 7) is 0.987. The first kappa shape index (κ1) is 18.3. The standard InChI is InChI=1S/C18H22INO5/c1-20(18(21)22)9-17(12-5-3-2-4-6-12)23-10-13-7-15-16(8-14(13)19)25-11-24-15/h5,7-8,17H,2-4,6,9-11H2,1H3,(H,21,22). The molecule has 6 nitrogen and oxygen atoms in total. The Balaban J connectivity index is 1.71. The highest BCUT2D eigenvalue weighted by atomic mass is 127. The smallest absolute Gasteiger partial charge is 0.407 e. The van der Waals surface area contributed by atoms with Gasteiger partial charge in [0.1, 0.15) is 0 Å². The molecular weight excluding hydrogens is 437 g/mol. The second-order valence-electron chi connectivity index (χ2n) is 6.28. The third-order valence-corrected chi connectivity index (χ3v) is 5.49. The number of amides is 1. The number of hydrogen-bond acceptors (Lipinski definition) is 4. The van der Waals surface area contributed by atoms with Gasteiger partial charge < -0.3 is 24.2 Å². The van der Waals surface area contributed by atoms with Crippen molar-refractivity contribution in [3.8, 4) is 11.5 Å². The van der Waals surface area contributed by atoms with Crippen LogP contribution >= 0.6 is 22.6 Å². The average molecular weight is 459 g/mol. The minimum atomic E-state index is -0.942. The van der Waals surface area contributed by atoms with Crippen LogP contribution in [0.1, 0.15) is 31.2 Å². The minimum absolute atomic E-state index is 0.220. The van der Waals surface area contributed by atoms with E-state index in [1.54, 1.807) is 7.05 Å². The van der Waals surface area contributed by atoms with E-state index in [-0.39, 0.29) is 12.9 Å². The molecule has 0 aromatic heterocycles. The van der Waals surface area contributed by atoms with Gasteiger partial charge in [-0.25, -0.2) is 4.79 Å². The number of rotatable bonds is 6. The fourth-order valence-corrected chi connectivity index (χ4v) is 3.61. The highest BCUT2D eigenvalue weighted by Gasteiger charge is 2.22. The van der Waals surface area contributed by atoms with Gasteiger partial charge in [0.15, 0.2) is 11.5 Å². The van der Waals surface area contributed by atoms with Crippen molar-refractivity contribution in [3.63, 3.8) is 0 Å². The molecule has 136 valence electrons. The molecule has 1 atom stereocenters. The maximum Gasteiger partial charge on any atom is 0.407 e. The van der Waals surface area contributed by atoms with Gasteiger partial charge in [-0.3, -0.25) is 0 Å². The summed E-state index contributed by atoms with van der Waals surface area (Å²) in [5.41, 5.74) is 2.22. The van der Waals surface area contributed by atoms with Gasteiger partial charge in [-0.05, 0) is 71.5 Å². The van der Waals surface area contributed by atoms with Crippen LogP contribution in [0.25, 0.3) is 0 Å². The summed E-state index contributed by atoms with van der Waals surface area (Å²) in [5.74, 6) is 1.49. The van der Waals surface area contributed by atoms with Crippen LogP contribution in [0, 0.1) is 3.57 Å². The van der Waals surface area contributed by atoms with Crippen LogP contribution in [-0.2, 0) is 11.3 Å². The van der Waals surface area contributed by atoms with Crippen molar-refractivity contribution in [2.45, 2.75) is 38.4 Å². The number of ether oxygens (including phenoxy) is 3. The number of carboxylic acid groups (broad SMARTS) is 1. The Hall–Kier alpha value is -1.48. The number of halogens is 1. The zero-order chi connectivity index (χ0) is 17.8. The van der Waals surface area contributed by atoms with Gasteiger partial charge in [0, 0.05) is 10.6 Å². The van der Waals surface area contributed by atoms with Crippen molar-refractivity contribution in [1.82, 2.24) is 4.90 Å². The number of hydrogen-bond donors (Lipinski definition) is 1. The molecule has 1 aliphatic heterocycles. The predicted octanol–water partition coefficient (Wildman–Crippen LogP) is 4.02. The molecule has 0 saturated heterocycles. The molecule has 1 heterocycles. The molecule has 1 aliphatic carbocycles. The quantitative estimate of drug-likeness (QED) is 0.515. The Morgan fingerprint density at radius 3 is 2.80 bits per heavy atom. The molecule has 0 fully saturated rings. The second kappa shape index (κ2) is 8.27. The summed E-state index contributed by atoms with van der Waals surface area (Å²) in [7, 11) is 1.58. The average Bonchev–Trinajstić information content (AvgIpc) is 3.05. The molecule has 3 rings (SSSR count). The molecular formula is C18H22INO5. The van der Waals surface area contributed by atoms with Crippen LogP contribution in [0.4, 0.5) is 4.79 Å². The predicted molar refractivity (Wildman–Crippen MR) is 101 cm³/mol. The van der Waals surface area contributed by atoms with Gasteiger partial charge in [0.05, 0.1) is 19.3 Å². The van der Waals surface area contributed by atoms with E-state index in [1.807, 2.05) is 12.1 Å². The van der Waals surface area contributed by atoms with E-state index >= 15 is 0 Å². The lowest BCUT2D eigenvalue weighted by Gasteiger charge is -2.27. The zero-order valence-electron chi connectivity index (χ0n) is 14.2. The summed E-state index contributed by atoms with van der Waals surface area (Å²) in [5, 5.41) is 9.18. The Labute approximate surface area is 160 Å². The van der Waals surface area contributed by atoms with Crippen LogP contribution < -0.4 is 9.47 Å².